The summed E-state index contributed by atoms with van der Waals surface area (Å²) in [5.74, 6) is -1.26. The van der Waals surface area contributed by atoms with Crippen molar-refractivity contribution >= 4 is 11.7 Å². The van der Waals surface area contributed by atoms with Gasteiger partial charge >= 0.3 is 0 Å². The van der Waals surface area contributed by atoms with Crippen LogP contribution >= 0.6 is 0 Å². The van der Waals surface area contributed by atoms with Gasteiger partial charge in [0.25, 0.3) is 5.91 Å². The predicted molar refractivity (Wildman–Crippen MR) is 70.7 cm³/mol. The average molecular weight is 267 g/mol. The van der Waals surface area contributed by atoms with E-state index in [0.717, 1.165) is 5.56 Å². The van der Waals surface area contributed by atoms with Crippen LogP contribution < -0.4 is 5.73 Å². The van der Waals surface area contributed by atoms with Crippen LogP contribution in [0.3, 0.4) is 0 Å². The SMILES string of the molecule is Cc1ccc(C(=O)N(C)CC(C)C(N)=NO)c(F)c1. The lowest BCUT2D eigenvalue weighted by atomic mass is 10.1. The second kappa shape index (κ2) is 6.17. The van der Waals surface area contributed by atoms with Crippen molar-refractivity contribution in [2.75, 3.05) is 13.6 Å². The molecule has 1 unspecified atom stereocenters. The van der Waals surface area contributed by atoms with Crippen LogP contribution in [0.1, 0.15) is 22.8 Å². The van der Waals surface area contributed by atoms with Crippen molar-refractivity contribution in [3.63, 3.8) is 0 Å². The highest BCUT2D eigenvalue weighted by Crippen LogP contribution is 2.13. The normalized spacial score (nSPS) is 13.2. The van der Waals surface area contributed by atoms with Crippen molar-refractivity contribution in [1.29, 1.82) is 0 Å². The van der Waals surface area contributed by atoms with E-state index < -0.39 is 11.7 Å². The summed E-state index contributed by atoms with van der Waals surface area (Å²) in [6, 6.07) is 4.45. The number of carbonyl (C=O) groups excluding carboxylic acids is 1. The van der Waals surface area contributed by atoms with E-state index in [1.54, 1.807) is 27.0 Å². The second-order valence-corrected chi connectivity index (χ2v) is 4.59. The monoisotopic (exact) mass is 267 g/mol. The smallest absolute Gasteiger partial charge is 0.256 e. The summed E-state index contributed by atoms with van der Waals surface area (Å²) < 4.78 is 13.7. The number of nitrogens with two attached hydrogens (primary N) is 1. The van der Waals surface area contributed by atoms with Gasteiger partial charge in [0.15, 0.2) is 0 Å². The van der Waals surface area contributed by atoms with E-state index in [-0.39, 0.29) is 23.9 Å². The Hall–Kier alpha value is -2.11. The zero-order chi connectivity index (χ0) is 14.6. The van der Waals surface area contributed by atoms with Gasteiger partial charge in [-0.1, -0.05) is 18.1 Å². The quantitative estimate of drug-likeness (QED) is 0.376. The van der Waals surface area contributed by atoms with Gasteiger partial charge in [-0.15, -0.1) is 0 Å². The molecule has 0 saturated carbocycles. The Morgan fingerprint density at radius 2 is 2.21 bits per heavy atom. The van der Waals surface area contributed by atoms with E-state index in [9.17, 15) is 9.18 Å². The lowest BCUT2D eigenvalue weighted by molar-refractivity contribution is 0.0781. The first-order valence-electron chi connectivity index (χ1n) is 5.85. The number of rotatable bonds is 4. The summed E-state index contributed by atoms with van der Waals surface area (Å²) in [5, 5.41) is 11.4. The lowest BCUT2D eigenvalue weighted by Crippen LogP contribution is -2.36. The van der Waals surface area contributed by atoms with Crippen LogP contribution in [0.5, 0.6) is 0 Å². The number of carbonyl (C=O) groups is 1. The fourth-order valence-electron chi connectivity index (χ4n) is 1.68. The van der Waals surface area contributed by atoms with Gasteiger partial charge in [0.1, 0.15) is 11.7 Å². The molecular formula is C13H18FN3O2. The fourth-order valence-corrected chi connectivity index (χ4v) is 1.68. The van der Waals surface area contributed by atoms with Crippen LogP contribution in [0.15, 0.2) is 23.4 Å². The summed E-state index contributed by atoms with van der Waals surface area (Å²) in [6.07, 6.45) is 0. The van der Waals surface area contributed by atoms with Crippen LogP contribution in [0.4, 0.5) is 4.39 Å². The molecule has 0 heterocycles. The lowest BCUT2D eigenvalue weighted by Gasteiger charge is -2.21. The van der Waals surface area contributed by atoms with Crippen LogP contribution in [0, 0.1) is 18.7 Å². The molecule has 6 heteroatoms. The number of halogens is 1. The van der Waals surface area contributed by atoms with Crippen molar-refractivity contribution in [1.82, 2.24) is 4.90 Å². The number of amides is 1. The zero-order valence-corrected chi connectivity index (χ0v) is 11.2. The minimum Gasteiger partial charge on any atom is -0.409 e. The number of oxime groups is 1. The Labute approximate surface area is 111 Å². The van der Waals surface area contributed by atoms with E-state index in [1.165, 1.54) is 17.0 Å². The molecule has 5 nitrogen and oxygen atoms in total. The molecule has 0 radical (unpaired) electrons. The van der Waals surface area contributed by atoms with Gasteiger partial charge in [-0.3, -0.25) is 4.79 Å². The molecule has 1 aromatic carbocycles. The van der Waals surface area contributed by atoms with Gasteiger partial charge < -0.3 is 15.8 Å². The van der Waals surface area contributed by atoms with Crippen molar-refractivity contribution in [3.05, 3.63) is 35.1 Å². The first kappa shape index (κ1) is 14.9. The highest BCUT2D eigenvalue weighted by atomic mass is 19.1. The van der Waals surface area contributed by atoms with Crippen molar-refractivity contribution < 1.29 is 14.4 Å². The van der Waals surface area contributed by atoms with Crippen molar-refractivity contribution in [2.24, 2.45) is 16.8 Å². The molecule has 3 N–H and O–H groups in total. The minimum absolute atomic E-state index is 0.0137. The van der Waals surface area contributed by atoms with E-state index in [2.05, 4.69) is 5.16 Å². The van der Waals surface area contributed by atoms with Crippen LogP contribution in [-0.4, -0.2) is 35.4 Å². The van der Waals surface area contributed by atoms with E-state index in [0.29, 0.717) is 0 Å². The zero-order valence-electron chi connectivity index (χ0n) is 11.2. The topological polar surface area (TPSA) is 78.9 Å². The summed E-state index contributed by atoms with van der Waals surface area (Å²) in [5.41, 5.74) is 6.21. The van der Waals surface area contributed by atoms with Gasteiger partial charge in [0, 0.05) is 19.5 Å². The highest BCUT2D eigenvalue weighted by Gasteiger charge is 2.19. The molecule has 0 aromatic heterocycles. The molecule has 1 aromatic rings. The fraction of sp³-hybridized carbons (Fsp3) is 0.385. The number of nitrogens with zero attached hydrogens (tertiary/aromatic N) is 2. The molecule has 0 fully saturated rings. The molecule has 0 aliphatic rings. The largest absolute Gasteiger partial charge is 0.409 e. The van der Waals surface area contributed by atoms with E-state index in [1.807, 2.05) is 0 Å². The summed E-state index contributed by atoms with van der Waals surface area (Å²) in [6.45, 7) is 3.70. The van der Waals surface area contributed by atoms with Gasteiger partial charge in [0.05, 0.1) is 5.56 Å². The Morgan fingerprint density at radius 1 is 1.58 bits per heavy atom. The maximum atomic E-state index is 13.7. The van der Waals surface area contributed by atoms with Crippen LogP contribution in [0.25, 0.3) is 0 Å². The molecule has 0 saturated heterocycles. The third kappa shape index (κ3) is 3.67. The Bertz CT molecular complexity index is 503. The molecular weight excluding hydrogens is 249 g/mol. The predicted octanol–water partition coefficient (Wildman–Crippen LogP) is 1.59. The number of aryl methyl sites for hydroxylation is 1. The van der Waals surface area contributed by atoms with Crippen molar-refractivity contribution in [2.45, 2.75) is 13.8 Å². The molecule has 104 valence electrons. The van der Waals surface area contributed by atoms with Crippen LogP contribution in [-0.2, 0) is 0 Å². The third-order valence-electron chi connectivity index (χ3n) is 2.87. The van der Waals surface area contributed by atoms with Crippen molar-refractivity contribution in [3.8, 4) is 0 Å². The van der Waals surface area contributed by atoms with E-state index in [4.69, 9.17) is 10.9 Å². The molecule has 0 aliphatic heterocycles. The first-order valence-corrected chi connectivity index (χ1v) is 5.85. The van der Waals surface area contributed by atoms with Gasteiger partial charge in [-0.25, -0.2) is 4.39 Å². The Morgan fingerprint density at radius 3 is 2.74 bits per heavy atom. The molecule has 0 bridgehead atoms. The molecule has 0 aliphatic carbocycles. The maximum Gasteiger partial charge on any atom is 0.256 e. The summed E-state index contributed by atoms with van der Waals surface area (Å²) in [7, 11) is 1.54. The van der Waals surface area contributed by atoms with E-state index >= 15 is 0 Å². The van der Waals surface area contributed by atoms with Gasteiger partial charge in [0.2, 0.25) is 0 Å². The Kier molecular flexibility index (Phi) is 4.86. The summed E-state index contributed by atoms with van der Waals surface area (Å²) >= 11 is 0. The maximum absolute atomic E-state index is 13.7. The number of benzene rings is 1. The Balaban J connectivity index is 2.82. The number of hydrogen-bond acceptors (Lipinski definition) is 3. The minimum atomic E-state index is -0.548. The number of hydrogen-bond donors (Lipinski definition) is 2. The molecule has 1 atom stereocenters. The van der Waals surface area contributed by atoms with Gasteiger partial charge in [-0.05, 0) is 24.6 Å². The molecule has 19 heavy (non-hydrogen) atoms. The average Bonchev–Trinajstić information content (AvgIpc) is 2.36. The molecule has 0 spiro atoms. The molecule has 1 rings (SSSR count). The number of amidine groups is 1. The summed E-state index contributed by atoms with van der Waals surface area (Å²) in [4.78, 5) is 13.4. The van der Waals surface area contributed by atoms with Crippen LogP contribution in [0.2, 0.25) is 0 Å². The third-order valence-corrected chi connectivity index (χ3v) is 2.87. The molecule has 1 amide bonds. The second-order valence-electron chi connectivity index (χ2n) is 4.59. The highest BCUT2D eigenvalue weighted by molar-refractivity contribution is 5.94. The van der Waals surface area contributed by atoms with Gasteiger partial charge in [-0.2, -0.15) is 0 Å². The standard InChI is InChI=1S/C13H18FN3O2/c1-8-4-5-10(11(14)6-8)13(18)17(3)7-9(2)12(15)16-19/h4-6,9,19H,7H2,1-3H3,(H2,15,16). The first-order chi connectivity index (χ1) is 8.86.